The molecule has 0 radical (unpaired) electrons. The predicted molar refractivity (Wildman–Crippen MR) is 67.3 cm³/mol. The van der Waals surface area contributed by atoms with Gasteiger partial charge in [-0.3, -0.25) is 14.9 Å². The average molecular weight is 245 g/mol. The van der Waals surface area contributed by atoms with Gasteiger partial charge in [0.25, 0.3) is 0 Å². The molecule has 1 heterocycles. The topological polar surface area (TPSA) is 91.2 Å². The molecule has 1 aromatic carbocycles. The van der Waals surface area contributed by atoms with Crippen molar-refractivity contribution in [1.29, 1.82) is 0 Å². The second-order valence-corrected chi connectivity index (χ2v) is 3.80. The maximum Gasteiger partial charge on any atom is 0.356 e. The second kappa shape index (κ2) is 4.70. The van der Waals surface area contributed by atoms with Crippen molar-refractivity contribution in [1.82, 2.24) is 4.57 Å². The third-order valence-electron chi connectivity index (χ3n) is 2.55. The number of benzene rings is 1. The molecule has 2 N–H and O–H groups in total. The van der Waals surface area contributed by atoms with Gasteiger partial charge in [-0.25, -0.2) is 0 Å². The number of anilines is 1. The van der Waals surface area contributed by atoms with Crippen LogP contribution in [0, 0.1) is 10.1 Å². The monoisotopic (exact) mass is 245 g/mol. The van der Waals surface area contributed by atoms with Crippen LogP contribution in [0.2, 0.25) is 0 Å². The lowest BCUT2D eigenvalue weighted by molar-refractivity contribution is -0.385. The van der Waals surface area contributed by atoms with E-state index in [-0.39, 0.29) is 12.2 Å². The minimum Gasteiger partial charge on any atom is -0.393 e. The van der Waals surface area contributed by atoms with Crippen LogP contribution in [0.15, 0.2) is 47.4 Å². The third-order valence-corrected chi connectivity index (χ3v) is 2.55. The molecule has 1 aromatic heterocycles. The summed E-state index contributed by atoms with van der Waals surface area (Å²) in [6.07, 6.45) is 1.46. The molecule has 2 aromatic rings. The fourth-order valence-electron chi connectivity index (χ4n) is 1.66. The van der Waals surface area contributed by atoms with Crippen LogP contribution in [-0.4, -0.2) is 9.49 Å². The predicted octanol–water partition coefficient (Wildman–Crippen LogP) is 1.39. The number of nitrogens with zero attached hydrogens (tertiary/aromatic N) is 2. The third kappa shape index (κ3) is 2.22. The molecule has 0 aliphatic rings. The Balaban J connectivity index is 2.45. The van der Waals surface area contributed by atoms with E-state index in [0.717, 1.165) is 5.56 Å². The second-order valence-electron chi connectivity index (χ2n) is 3.80. The molecule has 0 fully saturated rings. The Morgan fingerprint density at radius 3 is 2.50 bits per heavy atom. The van der Waals surface area contributed by atoms with E-state index in [2.05, 4.69) is 0 Å². The Kier molecular flexibility index (Phi) is 3.09. The van der Waals surface area contributed by atoms with Gasteiger partial charge >= 0.3 is 11.2 Å². The minimum atomic E-state index is -0.751. The molecule has 6 nitrogen and oxygen atoms in total. The highest BCUT2D eigenvalue weighted by molar-refractivity contribution is 5.55. The summed E-state index contributed by atoms with van der Waals surface area (Å²) in [5.74, 6) is 0. The molecule has 92 valence electrons. The zero-order chi connectivity index (χ0) is 13.1. The first kappa shape index (κ1) is 11.8. The number of rotatable bonds is 3. The number of pyridine rings is 1. The van der Waals surface area contributed by atoms with E-state index in [0.29, 0.717) is 0 Å². The van der Waals surface area contributed by atoms with Crippen LogP contribution in [0.4, 0.5) is 11.4 Å². The van der Waals surface area contributed by atoms with E-state index >= 15 is 0 Å². The highest BCUT2D eigenvalue weighted by atomic mass is 16.6. The van der Waals surface area contributed by atoms with Gasteiger partial charge in [-0.2, -0.15) is 0 Å². The zero-order valence-electron chi connectivity index (χ0n) is 9.45. The summed E-state index contributed by atoms with van der Waals surface area (Å²) in [5.41, 5.74) is 4.93. The molecule has 0 amide bonds. The number of aromatic nitrogens is 1. The Morgan fingerprint density at radius 2 is 1.89 bits per heavy atom. The molecule has 0 saturated heterocycles. The van der Waals surface area contributed by atoms with E-state index in [1.807, 2.05) is 30.3 Å². The molecular formula is C12H11N3O3. The van der Waals surface area contributed by atoms with Gasteiger partial charge in [-0.15, -0.1) is 0 Å². The first-order valence-corrected chi connectivity index (χ1v) is 5.27. The van der Waals surface area contributed by atoms with Crippen LogP contribution >= 0.6 is 0 Å². The van der Waals surface area contributed by atoms with E-state index in [1.165, 1.54) is 16.8 Å². The molecule has 0 spiro atoms. The standard InChI is InChI=1S/C12H11N3O3/c13-10-6-7-14(12(16)11(10)15(17)18)8-9-4-2-1-3-5-9/h1-7H,8,13H2. The highest BCUT2D eigenvalue weighted by Gasteiger charge is 2.18. The van der Waals surface area contributed by atoms with Gasteiger partial charge in [0.05, 0.1) is 11.5 Å². The van der Waals surface area contributed by atoms with Crippen LogP contribution < -0.4 is 11.3 Å². The molecule has 0 aliphatic heterocycles. The molecular weight excluding hydrogens is 234 g/mol. The number of nitrogen functional groups attached to an aromatic ring is 1. The van der Waals surface area contributed by atoms with E-state index in [9.17, 15) is 14.9 Å². The fourth-order valence-corrected chi connectivity index (χ4v) is 1.66. The maximum atomic E-state index is 11.9. The SMILES string of the molecule is Nc1ccn(Cc2ccccc2)c(=O)c1[N+](=O)[O-]. The minimum absolute atomic E-state index is 0.116. The molecule has 0 unspecified atom stereocenters. The zero-order valence-corrected chi connectivity index (χ0v) is 9.45. The van der Waals surface area contributed by atoms with Gasteiger partial charge in [-0.1, -0.05) is 30.3 Å². The fraction of sp³-hybridized carbons (Fsp3) is 0.0833. The summed E-state index contributed by atoms with van der Waals surface area (Å²) in [4.78, 5) is 21.9. The molecule has 18 heavy (non-hydrogen) atoms. The lowest BCUT2D eigenvalue weighted by Gasteiger charge is -2.06. The van der Waals surface area contributed by atoms with Gasteiger partial charge < -0.3 is 10.3 Å². The average Bonchev–Trinajstić information content (AvgIpc) is 2.34. The number of hydrogen-bond donors (Lipinski definition) is 1. The van der Waals surface area contributed by atoms with Crippen molar-refractivity contribution >= 4 is 11.4 Å². The normalized spacial score (nSPS) is 10.2. The summed E-state index contributed by atoms with van der Waals surface area (Å²) in [6, 6.07) is 10.6. The Morgan fingerprint density at radius 1 is 1.22 bits per heavy atom. The largest absolute Gasteiger partial charge is 0.393 e. The van der Waals surface area contributed by atoms with Gasteiger partial charge in [0, 0.05) is 6.20 Å². The van der Waals surface area contributed by atoms with Crippen molar-refractivity contribution in [3.8, 4) is 0 Å². The van der Waals surface area contributed by atoms with Crippen LogP contribution in [0.1, 0.15) is 5.56 Å². The smallest absolute Gasteiger partial charge is 0.356 e. The van der Waals surface area contributed by atoms with Gasteiger partial charge in [0.2, 0.25) is 0 Å². The number of hydrogen-bond acceptors (Lipinski definition) is 4. The molecule has 0 atom stereocenters. The molecule has 2 rings (SSSR count). The van der Waals surface area contributed by atoms with Gasteiger partial charge in [0.1, 0.15) is 5.69 Å². The van der Waals surface area contributed by atoms with E-state index in [1.54, 1.807) is 0 Å². The van der Waals surface area contributed by atoms with E-state index < -0.39 is 16.2 Å². The van der Waals surface area contributed by atoms with Crippen molar-refractivity contribution in [2.45, 2.75) is 6.54 Å². The Labute approximate surface area is 102 Å². The quantitative estimate of drug-likeness (QED) is 0.653. The summed E-state index contributed by atoms with van der Waals surface area (Å²) < 4.78 is 1.27. The number of nitro groups is 1. The molecule has 6 heteroatoms. The van der Waals surface area contributed by atoms with Crippen molar-refractivity contribution in [2.24, 2.45) is 0 Å². The summed E-state index contributed by atoms with van der Waals surface area (Å²) in [7, 11) is 0. The Hall–Kier alpha value is -2.63. The highest BCUT2D eigenvalue weighted by Crippen LogP contribution is 2.14. The first-order chi connectivity index (χ1) is 8.59. The lowest BCUT2D eigenvalue weighted by Crippen LogP contribution is -2.23. The molecule has 0 aliphatic carbocycles. The molecule has 0 bridgehead atoms. The van der Waals surface area contributed by atoms with Crippen LogP contribution in [0.5, 0.6) is 0 Å². The van der Waals surface area contributed by atoms with Crippen molar-refractivity contribution in [3.63, 3.8) is 0 Å². The van der Waals surface area contributed by atoms with Crippen LogP contribution in [0.3, 0.4) is 0 Å². The van der Waals surface area contributed by atoms with Crippen molar-refractivity contribution in [3.05, 3.63) is 68.6 Å². The summed E-state index contributed by atoms with van der Waals surface area (Å²) in [6.45, 7) is 0.279. The maximum absolute atomic E-state index is 11.9. The summed E-state index contributed by atoms with van der Waals surface area (Å²) >= 11 is 0. The van der Waals surface area contributed by atoms with Crippen LogP contribution in [0.25, 0.3) is 0 Å². The number of nitrogens with two attached hydrogens (primary N) is 1. The van der Waals surface area contributed by atoms with Crippen molar-refractivity contribution in [2.75, 3.05) is 5.73 Å². The van der Waals surface area contributed by atoms with Gasteiger partial charge in [-0.05, 0) is 11.6 Å². The Bertz CT molecular complexity index is 635. The lowest BCUT2D eigenvalue weighted by atomic mass is 10.2. The van der Waals surface area contributed by atoms with Crippen LogP contribution in [-0.2, 0) is 6.54 Å². The molecule has 0 saturated carbocycles. The van der Waals surface area contributed by atoms with E-state index in [4.69, 9.17) is 5.73 Å². The summed E-state index contributed by atoms with van der Waals surface area (Å²) in [5, 5.41) is 10.8. The van der Waals surface area contributed by atoms with Gasteiger partial charge in [0.15, 0.2) is 0 Å². The van der Waals surface area contributed by atoms with Crippen molar-refractivity contribution < 1.29 is 4.92 Å². The first-order valence-electron chi connectivity index (χ1n) is 5.27.